The van der Waals surface area contributed by atoms with Crippen LogP contribution >= 0.6 is 11.3 Å². The van der Waals surface area contributed by atoms with Gasteiger partial charge >= 0.3 is 5.97 Å². The molecule has 3 aliphatic rings. The van der Waals surface area contributed by atoms with E-state index in [1.807, 2.05) is 6.07 Å². The average Bonchev–Trinajstić information content (AvgIpc) is 3.45. The predicted molar refractivity (Wildman–Crippen MR) is 107 cm³/mol. The number of thiazole rings is 1. The van der Waals surface area contributed by atoms with Crippen LogP contribution in [0.1, 0.15) is 58.4 Å². The van der Waals surface area contributed by atoms with E-state index in [0.29, 0.717) is 17.8 Å². The number of carboxylic acid groups (broad SMARTS) is 1. The fourth-order valence-corrected chi connectivity index (χ4v) is 6.04. The van der Waals surface area contributed by atoms with Crippen molar-refractivity contribution in [2.24, 2.45) is 11.8 Å². The SMILES string of the molecule is O=C(O)c1csc([C@H]2CC[C@@H]3[C@@H](COc4ccc5c(c4F)CCC5)[C@H](O)C[C@@H]3O2)n1. The van der Waals surface area contributed by atoms with Gasteiger partial charge in [0.15, 0.2) is 17.3 Å². The highest BCUT2D eigenvalue weighted by Gasteiger charge is 2.47. The Morgan fingerprint density at radius 2 is 2.20 bits per heavy atom. The maximum Gasteiger partial charge on any atom is 0.355 e. The van der Waals surface area contributed by atoms with Crippen molar-refractivity contribution in [3.63, 3.8) is 0 Å². The normalized spacial score (nSPS) is 30.1. The lowest BCUT2D eigenvalue weighted by atomic mass is 9.87. The first-order chi connectivity index (χ1) is 14.5. The molecule has 0 amide bonds. The molecule has 0 spiro atoms. The molecule has 30 heavy (non-hydrogen) atoms. The van der Waals surface area contributed by atoms with Gasteiger partial charge in [-0.2, -0.15) is 0 Å². The minimum Gasteiger partial charge on any atom is -0.490 e. The Bertz CT molecular complexity index is 963. The molecule has 0 radical (unpaired) electrons. The number of aliphatic hydroxyl groups is 1. The summed E-state index contributed by atoms with van der Waals surface area (Å²) in [6.07, 6.45) is 3.75. The van der Waals surface area contributed by atoms with Gasteiger partial charge < -0.3 is 19.7 Å². The second-order valence-electron chi connectivity index (χ2n) is 8.43. The van der Waals surface area contributed by atoms with Crippen LogP contribution in [0.5, 0.6) is 5.75 Å². The number of aryl methyl sites for hydroxylation is 1. The van der Waals surface area contributed by atoms with Crippen LogP contribution in [-0.2, 0) is 17.6 Å². The third-order valence-electron chi connectivity index (χ3n) is 6.72. The molecule has 8 heteroatoms. The molecule has 6 nitrogen and oxygen atoms in total. The maximum atomic E-state index is 14.7. The number of carbonyl (C=O) groups is 1. The zero-order valence-electron chi connectivity index (χ0n) is 16.4. The van der Waals surface area contributed by atoms with Crippen LogP contribution in [0.15, 0.2) is 17.5 Å². The Kier molecular flexibility index (Phi) is 5.24. The Hall–Kier alpha value is -2.03. The molecule has 1 aromatic carbocycles. The van der Waals surface area contributed by atoms with Gasteiger partial charge in [-0.15, -0.1) is 11.3 Å². The van der Waals surface area contributed by atoms with Gasteiger partial charge in [-0.3, -0.25) is 0 Å². The van der Waals surface area contributed by atoms with Crippen molar-refractivity contribution < 1.29 is 28.9 Å². The molecule has 2 N–H and O–H groups in total. The average molecular weight is 434 g/mol. The van der Waals surface area contributed by atoms with Crippen molar-refractivity contribution >= 4 is 17.3 Å². The highest BCUT2D eigenvalue weighted by Crippen LogP contribution is 2.46. The summed E-state index contributed by atoms with van der Waals surface area (Å²) in [5, 5.41) is 21.9. The van der Waals surface area contributed by atoms with Crippen molar-refractivity contribution in [1.29, 1.82) is 0 Å². The van der Waals surface area contributed by atoms with Crippen LogP contribution in [0.2, 0.25) is 0 Å². The van der Waals surface area contributed by atoms with E-state index in [4.69, 9.17) is 14.6 Å². The van der Waals surface area contributed by atoms with Crippen LogP contribution in [0.25, 0.3) is 0 Å². The van der Waals surface area contributed by atoms with Crippen LogP contribution in [0.4, 0.5) is 4.39 Å². The van der Waals surface area contributed by atoms with Crippen molar-refractivity contribution in [3.05, 3.63) is 45.2 Å². The predicted octanol–water partition coefficient (Wildman–Crippen LogP) is 3.77. The molecule has 5 atom stereocenters. The number of fused-ring (bicyclic) bond motifs is 2. The Morgan fingerprint density at radius 3 is 3.00 bits per heavy atom. The summed E-state index contributed by atoms with van der Waals surface area (Å²) in [7, 11) is 0. The Labute approximate surface area is 177 Å². The van der Waals surface area contributed by atoms with E-state index in [2.05, 4.69) is 4.98 Å². The lowest BCUT2D eigenvalue weighted by Crippen LogP contribution is -2.33. The van der Waals surface area contributed by atoms with Crippen molar-refractivity contribution in [3.8, 4) is 5.75 Å². The zero-order valence-corrected chi connectivity index (χ0v) is 17.2. The Morgan fingerprint density at radius 1 is 1.33 bits per heavy atom. The summed E-state index contributed by atoms with van der Waals surface area (Å²) in [6, 6.07) is 3.65. The molecule has 2 heterocycles. The number of aromatic carboxylic acids is 1. The summed E-state index contributed by atoms with van der Waals surface area (Å²) in [4.78, 5) is 15.2. The number of nitrogens with zero attached hydrogens (tertiary/aromatic N) is 1. The lowest BCUT2D eigenvalue weighted by Gasteiger charge is -2.33. The highest BCUT2D eigenvalue weighted by atomic mass is 32.1. The zero-order chi connectivity index (χ0) is 20.8. The quantitative estimate of drug-likeness (QED) is 0.746. The van der Waals surface area contributed by atoms with Crippen LogP contribution in [0.3, 0.4) is 0 Å². The number of rotatable bonds is 5. The molecule has 2 fully saturated rings. The van der Waals surface area contributed by atoms with E-state index in [0.717, 1.165) is 36.8 Å². The summed E-state index contributed by atoms with van der Waals surface area (Å²) < 4.78 is 26.7. The monoisotopic (exact) mass is 433 g/mol. The van der Waals surface area contributed by atoms with Gasteiger partial charge in [-0.1, -0.05) is 6.07 Å². The summed E-state index contributed by atoms with van der Waals surface area (Å²) in [5.41, 5.74) is 1.88. The lowest BCUT2D eigenvalue weighted by molar-refractivity contribution is -0.0812. The van der Waals surface area contributed by atoms with Gasteiger partial charge in [0.1, 0.15) is 11.1 Å². The molecular formula is C22H24FNO5S. The first-order valence-electron chi connectivity index (χ1n) is 10.5. The number of hydrogen-bond donors (Lipinski definition) is 2. The molecule has 5 rings (SSSR count). The van der Waals surface area contributed by atoms with Crippen molar-refractivity contribution in [1.82, 2.24) is 4.98 Å². The van der Waals surface area contributed by atoms with Crippen molar-refractivity contribution in [2.45, 2.75) is 56.8 Å². The van der Waals surface area contributed by atoms with Gasteiger partial charge in [0, 0.05) is 17.7 Å². The number of halogens is 1. The maximum absolute atomic E-state index is 14.7. The van der Waals surface area contributed by atoms with Crippen molar-refractivity contribution in [2.75, 3.05) is 6.61 Å². The molecule has 160 valence electrons. The van der Waals surface area contributed by atoms with E-state index in [9.17, 15) is 14.3 Å². The summed E-state index contributed by atoms with van der Waals surface area (Å²) in [6.45, 7) is 0.256. The molecule has 2 aliphatic carbocycles. The number of ether oxygens (including phenoxy) is 2. The topological polar surface area (TPSA) is 88.9 Å². The minimum atomic E-state index is -1.04. The van der Waals surface area contributed by atoms with Crippen LogP contribution < -0.4 is 4.74 Å². The standard InChI is InChI=1S/C22H24FNO5S/c23-20-12-3-1-2-11(12)4-6-17(20)28-9-14-13-5-7-18(29-19(13)8-16(14)25)21-24-15(10-30-21)22(26)27/h4,6,10,13-14,16,18-19,25H,1-3,5,7-9H2,(H,26,27)/t13-,14-,16-,18-,19+/m1/s1. The molecule has 1 saturated heterocycles. The number of aliphatic hydroxyl groups excluding tert-OH is 1. The second kappa shape index (κ2) is 7.90. The van der Waals surface area contributed by atoms with Gasteiger partial charge in [0.05, 0.1) is 18.8 Å². The molecular weight excluding hydrogens is 409 g/mol. The number of benzene rings is 1. The van der Waals surface area contributed by atoms with E-state index in [1.165, 1.54) is 16.7 Å². The minimum absolute atomic E-state index is 0.0369. The Balaban J connectivity index is 1.24. The van der Waals surface area contributed by atoms with E-state index in [1.54, 1.807) is 6.07 Å². The smallest absolute Gasteiger partial charge is 0.355 e. The largest absolute Gasteiger partial charge is 0.490 e. The number of aromatic nitrogens is 1. The van der Waals surface area contributed by atoms with Crippen LogP contribution in [-0.4, -0.2) is 40.0 Å². The molecule has 2 aromatic rings. The summed E-state index contributed by atoms with van der Waals surface area (Å²) in [5.74, 6) is -1.02. The van der Waals surface area contributed by atoms with E-state index < -0.39 is 12.1 Å². The van der Waals surface area contributed by atoms with E-state index in [-0.39, 0.29) is 47.9 Å². The first kappa shape index (κ1) is 19.9. The third-order valence-corrected chi connectivity index (χ3v) is 7.66. The molecule has 1 aliphatic heterocycles. The van der Waals surface area contributed by atoms with E-state index >= 15 is 0 Å². The fourth-order valence-electron chi connectivity index (χ4n) is 5.18. The van der Waals surface area contributed by atoms with Gasteiger partial charge in [0.2, 0.25) is 0 Å². The van der Waals surface area contributed by atoms with Crippen LogP contribution in [0, 0.1) is 17.7 Å². The molecule has 0 unspecified atom stereocenters. The summed E-state index contributed by atoms with van der Waals surface area (Å²) >= 11 is 1.29. The number of hydrogen-bond acceptors (Lipinski definition) is 6. The molecule has 0 bridgehead atoms. The second-order valence-corrected chi connectivity index (χ2v) is 9.32. The third kappa shape index (κ3) is 3.50. The number of carboxylic acids is 1. The first-order valence-corrected chi connectivity index (χ1v) is 11.3. The van der Waals surface area contributed by atoms with Gasteiger partial charge in [-0.05, 0) is 55.2 Å². The van der Waals surface area contributed by atoms with Gasteiger partial charge in [0.25, 0.3) is 0 Å². The molecule has 1 aromatic heterocycles. The molecule has 1 saturated carbocycles. The van der Waals surface area contributed by atoms with Gasteiger partial charge in [-0.25, -0.2) is 14.2 Å². The fraction of sp³-hybridized carbons (Fsp3) is 0.545. The highest BCUT2D eigenvalue weighted by molar-refractivity contribution is 7.09.